The van der Waals surface area contributed by atoms with Gasteiger partial charge in [-0.25, -0.2) is 4.79 Å². The van der Waals surface area contributed by atoms with Gasteiger partial charge in [-0.3, -0.25) is 4.79 Å². The average Bonchev–Trinajstić information content (AvgIpc) is 3.15. The Labute approximate surface area is 129 Å². The summed E-state index contributed by atoms with van der Waals surface area (Å²) in [5, 5.41) is 3.81. The van der Waals surface area contributed by atoms with Gasteiger partial charge in [-0.15, -0.1) is 0 Å². The van der Waals surface area contributed by atoms with Crippen molar-refractivity contribution < 1.29 is 9.59 Å². The molecule has 2 aliphatic heterocycles. The van der Waals surface area contributed by atoms with Crippen molar-refractivity contribution >= 4 is 23.3 Å². The first-order chi connectivity index (χ1) is 10.3. The number of hydrogen-bond donors (Lipinski definition) is 0. The second-order valence-corrected chi connectivity index (χ2v) is 6.40. The van der Waals surface area contributed by atoms with Crippen molar-refractivity contribution in [1.29, 1.82) is 0 Å². The number of rotatable bonds is 1. The summed E-state index contributed by atoms with van der Waals surface area (Å²) in [6.45, 7) is 4.53. The SMILES string of the molecule is O=C(c1ccsc1)N1CCCN(C(=O)N2CCCC2)CC1. The second-order valence-electron chi connectivity index (χ2n) is 5.62. The molecule has 114 valence electrons. The highest BCUT2D eigenvalue weighted by Gasteiger charge is 2.27. The molecule has 1 aromatic heterocycles. The zero-order valence-electron chi connectivity index (χ0n) is 12.2. The van der Waals surface area contributed by atoms with E-state index in [-0.39, 0.29) is 11.9 Å². The Hall–Kier alpha value is -1.56. The standard InChI is InChI=1S/C15H21N3O2S/c19-14(13-4-11-21-12-13)16-7-3-8-18(10-9-16)15(20)17-5-1-2-6-17/h4,11-12H,1-3,5-10H2. The van der Waals surface area contributed by atoms with Crippen LogP contribution in [0.2, 0.25) is 0 Å². The van der Waals surface area contributed by atoms with Gasteiger partial charge in [0, 0.05) is 44.6 Å². The van der Waals surface area contributed by atoms with Crippen LogP contribution in [0.25, 0.3) is 0 Å². The maximum absolute atomic E-state index is 12.4. The highest BCUT2D eigenvalue weighted by atomic mass is 32.1. The molecule has 5 nitrogen and oxygen atoms in total. The summed E-state index contributed by atoms with van der Waals surface area (Å²) >= 11 is 1.54. The van der Waals surface area contributed by atoms with Crippen LogP contribution in [0.3, 0.4) is 0 Å². The lowest BCUT2D eigenvalue weighted by molar-refractivity contribution is 0.0761. The van der Waals surface area contributed by atoms with Crippen molar-refractivity contribution in [3.05, 3.63) is 22.4 Å². The van der Waals surface area contributed by atoms with Crippen molar-refractivity contribution in [3.63, 3.8) is 0 Å². The number of carbonyl (C=O) groups excluding carboxylic acids is 2. The van der Waals surface area contributed by atoms with E-state index in [2.05, 4.69) is 0 Å². The molecular weight excluding hydrogens is 286 g/mol. The number of hydrogen-bond acceptors (Lipinski definition) is 3. The fourth-order valence-electron chi connectivity index (χ4n) is 2.99. The Balaban J connectivity index is 1.59. The van der Waals surface area contributed by atoms with Gasteiger partial charge in [-0.2, -0.15) is 11.3 Å². The van der Waals surface area contributed by atoms with E-state index in [1.165, 1.54) is 0 Å². The van der Waals surface area contributed by atoms with Crippen LogP contribution in [0.5, 0.6) is 0 Å². The molecule has 2 fully saturated rings. The molecule has 1 aromatic rings. The highest BCUT2D eigenvalue weighted by Crippen LogP contribution is 2.15. The van der Waals surface area contributed by atoms with Gasteiger partial charge in [0.15, 0.2) is 0 Å². The first-order valence-corrected chi connectivity index (χ1v) is 8.55. The predicted molar refractivity (Wildman–Crippen MR) is 82.6 cm³/mol. The lowest BCUT2D eigenvalue weighted by Gasteiger charge is -2.26. The molecule has 0 atom stereocenters. The molecule has 21 heavy (non-hydrogen) atoms. The summed E-state index contributed by atoms with van der Waals surface area (Å²) in [7, 11) is 0. The number of nitrogens with zero attached hydrogens (tertiary/aromatic N) is 3. The number of carbonyl (C=O) groups is 2. The van der Waals surface area contributed by atoms with Crippen LogP contribution in [-0.4, -0.2) is 65.9 Å². The number of likely N-dealkylation sites (tertiary alicyclic amines) is 1. The Morgan fingerprint density at radius 1 is 0.857 bits per heavy atom. The Morgan fingerprint density at radius 2 is 1.48 bits per heavy atom. The minimum Gasteiger partial charge on any atom is -0.337 e. The normalized spacial score (nSPS) is 19.7. The van der Waals surface area contributed by atoms with Gasteiger partial charge >= 0.3 is 6.03 Å². The molecule has 0 aromatic carbocycles. The smallest absolute Gasteiger partial charge is 0.320 e. The molecule has 3 amide bonds. The Kier molecular flexibility index (Phi) is 4.43. The van der Waals surface area contributed by atoms with E-state index in [9.17, 15) is 9.59 Å². The van der Waals surface area contributed by atoms with E-state index in [4.69, 9.17) is 0 Å². The van der Waals surface area contributed by atoms with E-state index in [0.717, 1.165) is 51.0 Å². The van der Waals surface area contributed by atoms with Gasteiger partial charge in [-0.05, 0) is 30.7 Å². The number of amides is 3. The van der Waals surface area contributed by atoms with Crippen molar-refractivity contribution in [2.75, 3.05) is 39.3 Å². The molecule has 0 bridgehead atoms. The molecule has 3 rings (SSSR count). The summed E-state index contributed by atoms with van der Waals surface area (Å²) in [6, 6.07) is 2.02. The molecule has 2 saturated heterocycles. The van der Waals surface area contributed by atoms with Crippen molar-refractivity contribution in [2.24, 2.45) is 0 Å². The van der Waals surface area contributed by atoms with E-state index in [1.807, 2.05) is 31.5 Å². The summed E-state index contributed by atoms with van der Waals surface area (Å²) < 4.78 is 0. The lowest BCUT2D eigenvalue weighted by Crippen LogP contribution is -2.43. The summed E-state index contributed by atoms with van der Waals surface area (Å²) in [4.78, 5) is 30.5. The van der Waals surface area contributed by atoms with Crippen LogP contribution in [0.4, 0.5) is 4.79 Å². The van der Waals surface area contributed by atoms with E-state index in [0.29, 0.717) is 13.1 Å². The molecule has 2 aliphatic rings. The summed E-state index contributed by atoms with van der Waals surface area (Å²) in [5.74, 6) is 0.0896. The van der Waals surface area contributed by atoms with E-state index < -0.39 is 0 Å². The van der Waals surface area contributed by atoms with Crippen LogP contribution in [0.1, 0.15) is 29.6 Å². The maximum atomic E-state index is 12.4. The van der Waals surface area contributed by atoms with Gasteiger partial charge in [-0.1, -0.05) is 0 Å². The molecule has 0 unspecified atom stereocenters. The molecule has 3 heterocycles. The monoisotopic (exact) mass is 307 g/mol. The van der Waals surface area contributed by atoms with Crippen molar-refractivity contribution in [2.45, 2.75) is 19.3 Å². The number of thiophene rings is 1. The topological polar surface area (TPSA) is 43.9 Å². The largest absolute Gasteiger partial charge is 0.337 e. The van der Waals surface area contributed by atoms with Crippen LogP contribution in [0, 0.1) is 0 Å². The molecule has 0 aliphatic carbocycles. The van der Waals surface area contributed by atoms with Crippen LogP contribution in [0.15, 0.2) is 16.8 Å². The maximum Gasteiger partial charge on any atom is 0.320 e. The fraction of sp³-hybridized carbons (Fsp3) is 0.600. The molecular formula is C15H21N3O2S. The van der Waals surface area contributed by atoms with Gasteiger partial charge in [0.05, 0.1) is 5.56 Å². The zero-order valence-corrected chi connectivity index (χ0v) is 13.0. The number of urea groups is 1. The zero-order chi connectivity index (χ0) is 14.7. The first kappa shape index (κ1) is 14.4. The van der Waals surface area contributed by atoms with Gasteiger partial charge in [0.25, 0.3) is 5.91 Å². The predicted octanol–water partition coefficient (Wildman–Crippen LogP) is 2.11. The van der Waals surface area contributed by atoms with Gasteiger partial charge in [0.2, 0.25) is 0 Å². The Morgan fingerprint density at radius 3 is 2.19 bits per heavy atom. The lowest BCUT2D eigenvalue weighted by atomic mass is 10.3. The van der Waals surface area contributed by atoms with Crippen LogP contribution >= 0.6 is 11.3 Å². The third kappa shape index (κ3) is 3.20. The van der Waals surface area contributed by atoms with Gasteiger partial charge < -0.3 is 14.7 Å². The van der Waals surface area contributed by atoms with Crippen LogP contribution in [-0.2, 0) is 0 Å². The van der Waals surface area contributed by atoms with E-state index in [1.54, 1.807) is 11.3 Å². The average molecular weight is 307 g/mol. The summed E-state index contributed by atoms with van der Waals surface area (Å²) in [6.07, 6.45) is 3.08. The second kappa shape index (κ2) is 6.47. The summed E-state index contributed by atoms with van der Waals surface area (Å²) in [5.41, 5.74) is 0.763. The third-order valence-electron chi connectivity index (χ3n) is 4.20. The first-order valence-electron chi connectivity index (χ1n) is 7.61. The van der Waals surface area contributed by atoms with Crippen molar-refractivity contribution in [3.8, 4) is 0 Å². The van der Waals surface area contributed by atoms with Crippen molar-refractivity contribution in [1.82, 2.24) is 14.7 Å². The molecule has 0 spiro atoms. The quantitative estimate of drug-likeness (QED) is 0.797. The minimum atomic E-state index is 0.0896. The molecule has 0 saturated carbocycles. The minimum absolute atomic E-state index is 0.0896. The molecule has 0 radical (unpaired) electrons. The Bertz CT molecular complexity index is 497. The third-order valence-corrected chi connectivity index (χ3v) is 4.88. The fourth-order valence-corrected chi connectivity index (χ4v) is 3.62. The molecule has 0 N–H and O–H groups in total. The van der Waals surface area contributed by atoms with E-state index >= 15 is 0 Å². The molecule has 6 heteroatoms. The van der Waals surface area contributed by atoms with Gasteiger partial charge in [0.1, 0.15) is 0 Å². The van der Waals surface area contributed by atoms with Crippen LogP contribution < -0.4 is 0 Å². The highest BCUT2D eigenvalue weighted by molar-refractivity contribution is 7.08.